The van der Waals surface area contributed by atoms with Gasteiger partial charge in [0.05, 0.1) is 43.8 Å². The fourth-order valence-corrected chi connectivity index (χ4v) is 6.25. The van der Waals surface area contributed by atoms with Crippen LogP contribution in [-0.4, -0.2) is 76.9 Å². The second-order valence-electron chi connectivity index (χ2n) is 10.6. The summed E-state index contributed by atoms with van der Waals surface area (Å²) in [6.07, 6.45) is 3.17. The molecule has 0 spiro atoms. The lowest BCUT2D eigenvalue weighted by Crippen LogP contribution is -2.37. The fourth-order valence-electron chi connectivity index (χ4n) is 5.92. The van der Waals surface area contributed by atoms with Crippen LogP contribution in [0, 0.1) is 13.8 Å². The minimum atomic E-state index is -0.122. The van der Waals surface area contributed by atoms with E-state index in [1.807, 2.05) is 48.7 Å². The summed E-state index contributed by atoms with van der Waals surface area (Å²) >= 11 is 5.85. The van der Waals surface area contributed by atoms with E-state index in [2.05, 4.69) is 49.9 Å². The van der Waals surface area contributed by atoms with Crippen molar-refractivity contribution in [3.63, 3.8) is 0 Å². The van der Waals surface area contributed by atoms with Gasteiger partial charge in [-0.15, -0.1) is 0 Å². The van der Waals surface area contributed by atoms with Crippen molar-refractivity contribution in [2.75, 3.05) is 51.8 Å². The Balaban J connectivity index is 1.34. The van der Waals surface area contributed by atoms with Crippen LogP contribution >= 0.6 is 12.2 Å². The zero-order chi connectivity index (χ0) is 28.8. The van der Waals surface area contributed by atoms with Gasteiger partial charge in [0.25, 0.3) is 0 Å². The number of carbonyl (C=O) groups is 1. The Labute approximate surface area is 247 Å². The van der Waals surface area contributed by atoms with Crippen LogP contribution in [0.15, 0.2) is 54.7 Å². The Morgan fingerprint density at radius 1 is 1.12 bits per heavy atom. The summed E-state index contributed by atoms with van der Waals surface area (Å²) in [5.41, 5.74) is 5.25. The van der Waals surface area contributed by atoms with E-state index >= 15 is 0 Å². The Hall–Kier alpha value is -3.47. The third-order valence-electron chi connectivity index (χ3n) is 8.05. The summed E-state index contributed by atoms with van der Waals surface area (Å²) in [5.74, 6) is 0.541. The molecular formula is C31H40N6O3S. The molecule has 2 atom stereocenters. The van der Waals surface area contributed by atoms with Crippen molar-refractivity contribution in [1.29, 1.82) is 0 Å². The maximum atomic E-state index is 13.0. The molecule has 3 aromatic rings. The highest BCUT2D eigenvalue weighted by Gasteiger charge is 2.41. The lowest BCUT2D eigenvalue weighted by Gasteiger charge is -2.28. The molecular weight excluding hydrogens is 536 g/mol. The summed E-state index contributed by atoms with van der Waals surface area (Å²) in [5, 5.41) is 7.14. The number of ether oxygens (including phenoxy) is 2. The van der Waals surface area contributed by atoms with E-state index in [0.717, 1.165) is 51.5 Å². The number of aryl methyl sites for hydroxylation is 1. The average Bonchev–Trinajstić information content (AvgIpc) is 3.47. The summed E-state index contributed by atoms with van der Waals surface area (Å²) in [4.78, 5) is 22.3. The van der Waals surface area contributed by atoms with Crippen molar-refractivity contribution in [3.05, 3.63) is 77.4 Å². The number of pyridine rings is 1. The standard InChI is InChI=1S/C31H40N6O3S/c1-22-21-24(23(2)36(22)15-8-14-35-17-19-40-20-18-35)30-29(26-10-6-7-13-32-26)34-31(41)37(30)16-12-28(38)33-25-9-4-5-11-27(25)39-3/h4-7,9-11,13,21,29-30H,8,12,14-20H2,1-3H3,(H,33,38)(H,34,41)/t29-,30-/m0/s1. The van der Waals surface area contributed by atoms with Crippen LogP contribution in [0.2, 0.25) is 0 Å². The third kappa shape index (κ3) is 6.72. The first kappa shape index (κ1) is 29.0. The molecule has 2 saturated heterocycles. The number of thiocarbonyl (C=S) groups is 1. The highest BCUT2D eigenvalue weighted by molar-refractivity contribution is 7.80. The van der Waals surface area contributed by atoms with Crippen molar-refractivity contribution in [3.8, 4) is 5.75 Å². The summed E-state index contributed by atoms with van der Waals surface area (Å²) in [7, 11) is 1.60. The number of morpholine rings is 1. The molecule has 4 heterocycles. The molecule has 1 aromatic carbocycles. The summed E-state index contributed by atoms with van der Waals surface area (Å²) < 4.78 is 13.3. The van der Waals surface area contributed by atoms with Gasteiger partial charge in [-0.25, -0.2) is 0 Å². The zero-order valence-corrected chi connectivity index (χ0v) is 25.0. The van der Waals surface area contributed by atoms with Crippen LogP contribution in [0.3, 0.4) is 0 Å². The Bertz CT molecular complexity index is 1340. The number of anilines is 1. The molecule has 2 N–H and O–H groups in total. The molecule has 218 valence electrons. The van der Waals surface area contributed by atoms with Gasteiger partial charge >= 0.3 is 0 Å². The molecule has 2 aliphatic heterocycles. The van der Waals surface area contributed by atoms with Gasteiger partial charge in [0, 0.05) is 56.7 Å². The number of methoxy groups -OCH3 is 1. The minimum Gasteiger partial charge on any atom is -0.495 e. The zero-order valence-electron chi connectivity index (χ0n) is 24.1. The number of amides is 1. The number of nitrogens with zero attached hydrogens (tertiary/aromatic N) is 4. The molecule has 2 aliphatic rings. The maximum Gasteiger partial charge on any atom is 0.226 e. The first-order valence-electron chi connectivity index (χ1n) is 14.3. The molecule has 2 fully saturated rings. The largest absolute Gasteiger partial charge is 0.495 e. The maximum absolute atomic E-state index is 13.0. The van der Waals surface area contributed by atoms with Crippen LogP contribution in [0.1, 0.15) is 47.6 Å². The van der Waals surface area contributed by atoms with Gasteiger partial charge < -0.3 is 29.6 Å². The quantitative estimate of drug-likeness (QED) is 0.328. The predicted octanol–water partition coefficient (Wildman–Crippen LogP) is 4.23. The number of para-hydroxylation sites is 2. The van der Waals surface area contributed by atoms with E-state index in [-0.39, 0.29) is 24.4 Å². The number of hydrogen-bond donors (Lipinski definition) is 2. The SMILES string of the molecule is COc1ccccc1NC(=O)CCN1C(=S)N[C@@H](c2ccccn2)[C@@H]1c1cc(C)n(CCCN2CCOCC2)c1C. The molecule has 5 rings (SSSR count). The van der Waals surface area contributed by atoms with E-state index in [1.165, 1.54) is 17.0 Å². The monoisotopic (exact) mass is 576 g/mol. The van der Waals surface area contributed by atoms with Crippen LogP contribution in [0.25, 0.3) is 0 Å². The van der Waals surface area contributed by atoms with E-state index in [4.69, 9.17) is 21.7 Å². The topological polar surface area (TPSA) is 83.9 Å². The normalized spacial score (nSPS) is 19.3. The van der Waals surface area contributed by atoms with Crippen molar-refractivity contribution < 1.29 is 14.3 Å². The molecule has 0 bridgehead atoms. The molecule has 0 aliphatic carbocycles. The van der Waals surface area contributed by atoms with Gasteiger partial charge in [0.1, 0.15) is 5.75 Å². The highest BCUT2D eigenvalue weighted by atomic mass is 32.1. The van der Waals surface area contributed by atoms with Crippen LogP contribution in [0.4, 0.5) is 5.69 Å². The molecule has 9 nitrogen and oxygen atoms in total. The molecule has 1 amide bonds. The number of carbonyl (C=O) groups excluding carboxylic acids is 1. The fraction of sp³-hybridized carbons (Fsp3) is 0.452. The highest BCUT2D eigenvalue weighted by Crippen LogP contribution is 2.41. The lowest BCUT2D eigenvalue weighted by atomic mass is 9.96. The van der Waals surface area contributed by atoms with Gasteiger partial charge in [-0.1, -0.05) is 18.2 Å². The van der Waals surface area contributed by atoms with Gasteiger partial charge in [-0.2, -0.15) is 0 Å². The Morgan fingerprint density at radius 3 is 2.66 bits per heavy atom. The summed E-state index contributed by atoms with van der Waals surface area (Å²) in [6, 6.07) is 15.5. The van der Waals surface area contributed by atoms with E-state index in [0.29, 0.717) is 23.1 Å². The van der Waals surface area contributed by atoms with Gasteiger partial charge in [0.15, 0.2) is 5.11 Å². The molecule has 41 heavy (non-hydrogen) atoms. The van der Waals surface area contributed by atoms with Crippen LogP contribution in [-0.2, 0) is 16.1 Å². The van der Waals surface area contributed by atoms with Crippen molar-refractivity contribution >= 4 is 28.9 Å². The second kappa shape index (κ2) is 13.5. The molecule has 10 heteroatoms. The van der Waals surface area contributed by atoms with Gasteiger partial charge in [0.2, 0.25) is 5.91 Å². The molecule has 0 radical (unpaired) electrons. The van der Waals surface area contributed by atoms with E-state index in [9.17, 15) is 4.79 Å². The molecule has 0 saturated carbocycles. The number of hydrogen-bond acceptors (Lipinski definition) is 6. The summed E-state index contributed by atoms with van der Waals surface area (Å²) in [6.45, 7) is 10.5. The van der Waals surface area contributed by atoms with Crippen LogP contribution in [0.5, 0.6) is 5.75 Å². The number of rotatable bonds is 11. The number of benzene rings is 1. The predicted molar refractivity (Wildman–Crippen MR) is 164 cm³/mol. The molecule has 0 unspecified atom stereocenters. The lowest BCUT2D eigenvalue weighted by molar-refractivity contribution is -0.116. The van der Waals surface area contributed by atoms with Crippen LogP contribution < -0.4 is 15.4 Å². The average molecular weight is 577 g/mol. The van der Waals surface area contributed by atoms with E-state index in [1.54, 1.807) is 7.11 Å². The second-order valence-corrected chi connectivity index (χ2v) is 11.0. The van der Waals surface area contributed by atoms with Gasteiger partial charge in [-0.3, -0.25) is 14.7 Å². The first-order valence-corrected chi connectivity index (χ1v) is 14.7. The van der Waals surface area contributed by atoms with Crippen molar-refractivity contribution in [1.82, 2.24) is 24.7 Å². The van der Waals surface area contributed by atoms with Crippen molar-refractivity contribution in [2.24, 2.45) is 0 Å². The smallest absolute Gasteiger partial charge is 0.226 e. The Kier molecular flexibility index (Phi) is 9.53. The van der Waals surface area contributed by atoms with Gasteiger partial charge in [-0.05, 0) is 68.4 Å². The number of aromatic nitrogens is 2. The van der Waals surface area contributed by atoms with Crippen molar-refractivity contribution in [2.45, 2.75) is 45.3 Å². The third-order valence-corrected chi connectivity index (χ3v) is 8.40. The van der Waals surface area contributed by atoms with E-state index < -0.39 is 0 Å². The molecule has 2 aromatic heterocycles. The first-order chi connectivity index (χ1) is 20.0. The number of nitrogens with one attached hydrogen (secondary N) is 2. The Morgan fingerprint density at radius 2 is 1.90 bits per heavy atom. The minimum absolute atomic E-state index is 0.0874.